The van der Waals surface area contributed by atoms with Gasteiger partial charge in [-0.05, 0) is 51.5 Å². The van der Waals surface area contributed by atoms with E-state index in [-0.39, 0.29) is 12.0 Å². The average molecular weight is 460 g/mol. The number of nitrogens with zero attached hydrogens (tertiary/aromatic N) is 2. The maximum Gasteiger partial charge on any atom is 0.367 e. The number of nitrogens with one attached hydrogen (secondary N) is 1. The van der Waals surface area contributed by atoms with E-state index in [2.05, 4.69) is 14.9 Å². The number of carbonyl (C=O) groups is 2. The van der Waals surface area contributed by atoms with Gasteiger partial charge in [-0.1, -0.05) is 19.3 Å². The van der Waals surface area contributed by atoms with Gasteiger partial charge in [-0.2, -0.15) is 0 Å². The molecule has 1 unspecified atom stereocenters. The van der Waals surface area contributed by atoms with Gasteiger partial charge >= 0.3 is 5.97 Å². The van der Waals surface area contributed by atoms with Crippen LogP contribution in [0.4, 0.5) is 0 Å². The van der Waals surface area contributed by atoms with E-state index in [1.165, 1.54) is 43.4 Å². The van der Waals surface area contributed by atoms with Crippen LogP contribution >= 0.6 is 11.3 Å². The molecule has 2 aliphatic rings. The van der Waals surface area contributed by atoms with Gasteiger partial charge in [-0.3, -0.25) is 4.79 Å². The number of hydrogen-bond donors (Lipinski definition) is 1. The Bertz CT molecular complexity index is 939. The van der Waals surface area contributed by atoms with Gasteiger partial charge in [0.1, 0.15) is 0 Å². The molecule has 1 atom stereocenters. The first kappa shape index (κ1) is 23.0. The van der Waals surface area contributed by atoms with E-state index in [9.17, 15) is 9.59 Å². The number of esters is 1. The van der Waals surface area contributed by atoms with Crippen LogP contribution in [-0.4, -0.2) is 47.3 Å². The molecule has 1 saturated heterocycles. The number of ether oxygens (including phenoxy) is 2. The summed E-state index contributed by atoms with van der Waals surface area (Å²) in [7, 11) is 0. The van der Waals surface area contributed by atoms with Crippen molar-refractivity contribution < 1.29 is 19.1 Å². The van der Waals surface area contributed by atoms with E-state index >= 15 is 0 Å². The summed E-state index contributed by atoms with van der Waals surface area (Å²) in [4.78, 5) is 29.7. The predicted molar refractivity (Wildman–Crippen MR) is 124 cm³/mol. The number of aromatic nitrogens is 2. The summed E-state index contributed by atoms with van der Waals surface area (Å²) >= 11 is 1.27. The van der Waals surface area contributed by atoms with Crippen LogP contribution in [0.5, 0.6) is 0 Å². The number of rotatable bonds is 8. The number of thiazole rings is 1. The normalized spacial score (nSPS) is 19.2. The SMILES string of the molecule is CCOC(=O)c1nc(-c2cc(C(=O)NCC3CCCCC3)c(C)n2CC2CCCO2)cs1. The number of hydrogen-bond acceptors (Lipinski definition) is 6. The minimum absolute atomic E-state index is 0.0405. The molecule has 0 bridgehead atoms. The molecule has 32 heavy (non-hydrogen) atoms. The molecule has 1 aliphatic heterocycles. The Morgan fingerprint density at radius 2 is 2.06 bits per heavy atom. The third-order valence-electron chi connectivity index (χ3n) is 6.51. The highest BCUT2D eigenvalue weighted by Crippen LogP contribution is 2.30. The molecule has 2 fully saturated rings. The summed E-state index contributed by atoms with van der Waals surface area (Å²) in [6.07, 6.45) is 8.40. The van der Waals surface area contributed by atoms with E-state index in [0.717, 1.165) is 37.4 Å². The first-order valence-electron chi connectivity index (χ1n) is 11.8. The van der Waals surface area contributed by atoms with Crippen LogP contribution in [-0.2, 0) is 16.0 Å². The summed E-state index contributed by atoms with van der Waals surface area (Å²) in [5, 5.41) is 5.34. The van der Waals surface area contributed by atoms with Crippen molar-refractivity contribution in [3.05, 3.63) is 27.7 Å². The van der Waals surface area contributed by atoms with Gasteiger partial charge in [-0.15, -0.1) is 11.3 Å². The molecular weight excluding hydrogens is 426 g/mol. The third-order valence-corrected chi connectivity index (χ3v) is 7.34. The molecule has 1 saturated carbocycles. The molecule has 0 aromatic carbocycles. The average Bonchev–Trinajstić information content (AvgIpc) is 3.55. The fraction of sp³-hybridized carbons (Fsp3) is 0.625. The predicted octanol–water partition coefficient (Wildman–Crippen LogP) is 4.59. The largest absolute Gasteiger partial charge is 0.461 e. The molecule has 2 aromatic heterocycles. The van der Waals surface area contributed by atoms with Crippen molar-refractivity contribution in [1.29, 1.82) is 0 Å². The molecule has 0 radical (unpaired) electrons. The van der Waals surface area contributed by atoms with Gasteiger partial charge in [0.2, 0.25) is 5.01 Å². The molecule has 174 valence electrons. The minimum Gasteiger partial charge on any atom is -0.461 e. The van der Waals surface area contributed by atoms with Crippen molar-refractivity contribution in [3.8, 4) is 11.4 Å². The molecule has 4 rings (SSSR count). The molecule has 1 amide bonds. The first-order valence-corrected chi connectivity index (χ1v) is 12.7. The molecule has 0 spiro atoms. The van der Waals surface area contributed by atoms with Crippen LogP contribution < -0.4 is 5.32 Å². The summed E-state index contributed by atoms with van der Waals surface area (Å²) in [6, 6.07) is 1.91. The van der Waals surface area contributed by atoms with Crippen LogP contribution in [0.3, 0.4) is 0 Å². The standard InChI is InChI=1S/C24H33N3O4S/c1-3-30-24(29)23-26-20(15-32-23)21-12-19(16(2)27(21)14-18-10-7-11-31-18)22(28)25-13-17-8-5-4-6-9-17/h12,15,17-18H,3-11,13-14H2,1-2H3,(H,25,28). The molecule has 8 heteroatoms. The molecular formula is C24H33N3O4S. The lowest BCUT2D eigenvalue weighted by molar-refractivity contribution is 0.0526. The van der Waals surface area contributed by atoms with Crippen molar-refractivity contribution >= 4 is 23.2 Å². The fourth-order valence-electron chi connectivity index (χ4n) is 4.72. The summed E-state index contributed by atoms with van der Waals surface area (Å²) in [5.74, 6) is 0.122. The zero-order chi connectivity index (χ0) is 22.5. The van der Waals surface area contributed by atoms with Crippen LogP contribution in [0.25, 0.3) is 11.4 Å². The van der Waals surface area contributed by atoms with Gasteiger partial charge in [-0.25, -0.2) is 9.78 Å². The van der Waals surface area contributed by atoms with Crippen molar-refractivity contribution in [2.45, 2.75) is 71.4 Å². The second-order valence-electron chi connectivity index (χ2n) is 8.75. The van der Waals surface area contributed by atoms with Crippen molar-refractivity contribution in [3.63, 3.8) is 0 Å². The Hall–Kier alpha value is -2.19. The molecule has 7 nitrogen and oxygen atoms in total. The molecule has 2 aromatic rings. The molecule has 1 aliphatic carbocycles. The van der Waals surface area contributed by atoms with Gasteiger partial charge in [0, 0.05) is 30.8 Å². The zero-order valence-electron chi connectivity index (χ0n) is 19.0. The van der Waals surface area contributed by atoms with Crippen LogP contribution in [0.15, 0.2) is 11.4 Å². The maximum absolute atomic E-state index is 13.1. The summed E-state index contributed by atoms with van der Waals surface area (Å²) in [6.45, 7) is 6.25. The molecule has 1 N–H and O–H groups in total. The highest BCUT2D eigenvalue weighted by molar-refractivity contribution is 7.11. The van der Waals surface area contributed by atoms with Crippen LogP contribution in [0, 0.1) is 12.8 Å². The lowest BCUT2D eigenvalue weighted by atomic mass is 9.89. The van der Waals surface area contributed by atoms with Crippen molar-refractivity contribution in [1.82, 2.24) is 14.9 Å². The lowest BCUT2D eigenvalue weighted by Gasteiger charge is -2.21. The van der Waals surface area contributed by atoms with E-state index in [0.29, 0.717) is 35.3 Å². The second-order valence-corrected chi connectivity index (χ2v) is 9.60. The molecule has 3 heterocycles. The highest BCUT2D eigenvalue weighted by atomic mass is 32.1. The summed E-state index contributed by atoms with van der Waals surface area (Å²) in [5.41, 5.74) is 3.10. The monoisotopic (exact) mass is 459 g/mol. The number of amides is 1. The first-order chi connectivity index (χ1) is 15.6. The zero-order valence-corrected chi connectivity index (χ0v) is 19.8. The lowest BCUT2D eigenvalue weighted by Crippen LogP contribution is -2.30. The second kappa shape index (κ2) is 10.6. The summed E-state index contributed by atoms with van der Waals surface area (Å²) < 4.78 is 13.1. The van der Waals surface area contributed by atoms with E-state index in [1.54, 1.807) is 6.92 Å². The minimum atomic E-state index is -0.414. The topological polar surface area (TPSA) is 82.5 Å². The fourth-order valence-corrected chi connectivity index (χ4v) is 5.42. The Morgan fingerprint density at radius 3 is 2.78 bits per heavy atom. The van der Waals surface area contributed by atoms with Crippen molar-refractivity contribution in [2.75, 3.05) is 19.8 Å². The number of carbonyl (C=O) groups excluding carboxylic acids is 2. The van der Waals surface area contributed by atoms with Crippen molar-refractivity contribution in [2.24, 2.45) is 5.92 Å². The van der Waals surface area contributed by atoms with Gasteiger partial charge in [0.25, 0.3) is 5.91 Å². The van der Waals surface area contributed by atoms with Gasteiger partial charge in [0.05, 0.1) is 29.7 Å². The van der Waals surface area contributed by atoms with E-state index in [1.807, 2.05) is 18.4 Å². The Balaban J connectivity index is 1.58. The smallest absolute Gasteiger partial charge is 0.367 e. The highest BCUT2D eigenvalue weighted by Gasteiger charge is 2.25. The van der Waals surface area contributed by atoms with Crippen LogP contribution in [0.2, 0.25) is 0 Å². The van der Waals surface area contributed by atoms with Gasteiger partial charge < -0.3 is 19.4 Å². The van der Waals surface area contributed by atoms with Gasteiger partial charge in [0.15, 0.2) is 0 Å². The van der Waals surface area contributed by atoms with E-state index < -0.39 is 5.97 Å². The Labute approximate surface area is 193 Å². The Morgan fingerprint density at radius 1 is 1.25 bits per heavy atom. The quantitative estimate of drug-likeness (QED) is 0.584. The maximum atomic E-state index is 13.1. The van der Waals surface area contributed by atoms with E-state index in [4.69, 9.17) is 9.47 Å². The van der Waals surface area contributed by atoms with Crippen LogP contribution in [0.1, 0.15) is 77.7 Å². The third kappa shape index (κ3) is 5.23. The Kier molecular flexibility index (Phi) is 7.63.